The van der Waals surface area contributed by atoms with Crippen molar-refractivity contribution in [3.8, 4) is 0 Å². The first-order valence-electron chi connectivity index (χ1n) is 12.8. The minimum atomic E-state index is -4.42. The highest BCUT2D eigenvalue weighted by Gasteiger charge is 2.32. The topological polar surface area (TPSA) is 100 Å². The standard InChI is InChI=1S/C28H29F3N6O2S/c1-27(14-4-3-5-15-27)26-34-22-13-18-37(25-23(7-6-16-32-25)36-40(2,38)39)17-12-21(22)24(35-26)33-20-10-8-19(9-11-20)28(29,30)31/h3-11,14,16,36H,12-13,15,17-18H2,1-2H3,(H,33,34,35). The quantitative estimate of drug-likeness (QED) is 0.410. The third kappa shape index (κ3) is 6.11. The van der Waals surface area contributed by atoms with Gasteiger partial charge in [-0.2, -0.15) is 13.2 Å². The lowest BCUT2D eigenvalue weighted by molar-refractivity contribution is -0.137. The van der Waals surface area contributed by atoms with Crippen molar-refractivity contribution in [1.82, 2.24) is 15.0 Å². The van der Waals surface area contributed by atoms with Gasteiger partial charge in [0.15, 0.2) is 5.82 Å². The van der Waals surface area contributed by atoms with E-state index in [2.05, 4.69) is 34.1 Å². The highest BCUT2D eigenvalue weighted by atomic mass is 32.2. The summed E-state index contributed by atoms with van der Waals surface area (Å²) in [5, 5.41) is 3.25. The molecule has 3 heterocycles. The Morgan fingerprint density at radius 2 is 1.77 bits per heavy atom. The van der Waals surface area contributed by atoms with E-state index in [-0.39, 0.29) is 0 Å². The van der Waals surface area contributed by atoms with Crippen LogP contribution in [-0.2, 0) is 34.5 Å². The number of pyridine rings is 1. The summed E-state index contributed by atoms with van der Waals surface area (Å²) in [7, 11) is -3.51. The van der Waals surface area contributed by atoms with E-state index < -0.39 is 27.2 Å². The molecule has 1 aliphatic carbocycles. The molecular formula is C28H29F3N6O2S. The SMILES string of the molecule is CC1(c2nc3c(c(Nc4ccc(C(F)(F)F)cc4)n2)CCN(c2ncccc2NS(C)(=O)=O)CC3)C=CC=CC1. The second-order valence-corrected chi connectivity index (χ2v) is 11.9. The van der Waals surface area contributed by atoms with Gasteiger partial charge >= 0.3 is 6.18 Å². The van der Waals surface area contributed by atoms with E-state index in [4.69, 9.17) is 9.97 Å². The molecular weight excluding hydrogens is 541 g/mol. The van der Waals surface area contributed by atoms with Crippen molar-refractivity contribution in [2.75, 3.05) is 34.3 Å². The smallest absolute Gasteiger partial charge is 0.354 e. The predicted molar refractivity (Wildman–Crippen MR) is 149 cm³/mol. The molecule has 0 amide bonds. The summed E-state index contributed by atoms with van der Waals surface area (Å²) in [6, 6.07) is 8.20. The highest BCUT2D eigenvalue weighted by Crippen LogP contribution is 2.35. The lowest BCUT2D eigenvalue weighted by Crippen LogP contribution is -2.28. The molecule has 0 spiro atoms. The van der Waals surface area contributed by atoms with Crippen molar-refractivity contribution < 1.29 is 21.6 Å². The molecule has 8 nitrogen and oxygen atoms in total. The number of aromatic nitrogens is 3. The molecule has 1 aliphatic heterocycles. The van der Waals surface area contributed by atoms with Crippen molar-refractivity contribution in [2.45, 2.75) is 37.8 Å². The average Bonchev–Trinajstić information content (AvgIpc) is 3.11. The Hall–Kier alpha value is -3.93. The first kappa shape index (κ1) is 27.6. The van der Waals surface area contributed by atoms with Crippen molar-refractivity contribution >= 4 is 33.0 Å². The highest BCUT2D eigenvalue weighted by molar-refractivity contribution is 7.92. The van der Waals surface area contributed by atoms with E-state index in [1.165, 1.54) is 12.1 Å². The number of benzene rings is 1. The van der Waals surface area contributed by atoms with E-state index in [0.29, 0.717) is 61.2 Å². The summed E-state index contributed by atoms with van der Waals surface area (Å²) in [6.07, 6.45) is 8.08. The van der Waals surface area contributed by atoms with Crippen LogP contribution in [0.5, 0.6) is 0 Å². The summed E-state index contributed by atoms with van der Waals surface area (Å²) in [5.41, 5.74) is 1.39. The number of fused-ring (bicyclic) bond motifs is 1. The molecule has 0 radical (unpaired) electrons. The second kappa shape index (κ2) is 10.6. The molecule has 1 aromatic carbocycles. The number of nitrogens with one attached hydrogen (secondary N) is 2. The predicted octanol–water partition coefficient (Wildman–Crippen LogP) is 5.38. The number of allylic oxidation sites excluding steroid dienone is 4. The van der Waals surface area contributed by atoms with Gasteiger partial charge in [0.1, 0.15) is 11.6 Å². The van der Waals surface area contributed by atoms with Crippen LogP contribution in [0.2, 0.25) is 0 Å². The number of hydrogen-bond acceptors (Lipinski definition) is 7. The van der Waals surface area contributed by atoms with Crippen LogP contribution in [0.3, 0.4) is 0 Å². The van der Waals surface area contributed by atoms with E-state index in [1.54, 1.807) is 18.3 Å². The Labute approximate surface area is 231 Å². The normalized spacial score (nSPS) is 19.2. The van der Waals surface area contributed by atoms with Gasteiger partial charge in [-0.1, -0.05) is 24.3 Å². The molecule has 0 saturated heterocycles. The van der Waals surface area contributed by atoms with Crippen LogP contribution in [-0.4, -0.2) is 42.7 Å². The van der Waals surface area contributed by atoms with Crippen LogP contribution in [0.4, 0.5) is 36.2 Å². The second-order valence-electron chi connectivity index (χ2n) is 10.2. The lowest BCUT2D eigenvalue weighted by atomic mass is 9.82. The molecule has 40 heavy (non-hydrogen) atoms. The fourth-order valence-corrected chi connectivity index (χ4v) is 5.43. The molecule has 2 N–H and O–H groups in total. The zero-order chi connectivity index (χ0) is 28.5. The average molecular weight is 571 g/mol. The van der Waals surface area contributed by atoms with Gasteiger partial charge in [-0.05, 0) is 56.2 Å². The zero-order valence-electron chi connectivity index (χ0n) is 22.0. The van der Waals surface area contributed by atoms with E-state index in [9.17, 15) is 21.6 Å². The molecule has 3 aromatic rings. The Bertz CT molecular complexity index is 1570. The van der Waals surface area contributed by atoms with Gasteiger partial charge in [0, 0.05) is 42.4 Å². The van der Waals surface area contributed by atoms with E-state index >= 15 is 0 Å². The minimum absolute atomic E-state index is 0.387. The van der Waals surface area contributed by atoms with Crippen LogP contribution < -0.4 is 14.9 Å². The third-order valence-corrected chi connectivity index (χ3v) is 7.55. The van der Waals surface area contributed by atoms with Crippen molar-refractivity contribution in [1.29, 1.82) is 0 Å². The lowest BCUT2D eigenvalue weighted by Gasteiger charge is -2.27. The van der Waals surface area contributed by atoms with Crippen LogP contribution >= 0.6 is 0 Å². The number of hydrogen-bond donors (Lipinski definition) is 2. The monoisotopic (exact) mass is 570 g/mol. The zero-order valence-corrected chi connectivity index (χ0v) is 22.9. The van der Waals surface area contributed by atoms with E-state index in [0.717, 1.165) is 29.6 Å². The van der Waals surface area contributed by atoms with Crippen molar-refractivity contribution in [3.05, 3.63) is 89.5 Å². The summed E-state index contributed by atoms with van der Waals surface area (Å²) in [5.74, 6) is 1.67. The van der Waals surface area contributed by atoms with Gasteiger partial charge in [0.25, 0.3) is 0 Å². The van der Waals surface area contributed by atoms with Crippen LogP contribution in [0, 0.1) is 0 Å². The van der Waals surface area contributed by atoms with Gasteiger partial charge in [-0.25, -0.2) is 23.4 Å². The fourth-order valence-electron chi connectivity index (χ4n) is 4.87. The summed E-state index contributed by atoms with van der Waals surface area (Å²) >= 11 is 0. The van der Waals surface area contributed by atoms with E-state index in [1.807, 2.05) is 17.1 Å². The molecule has 1 atom stereocenters. The molecule has 2 aromatic heterocycles. The number of anilines is 4. The number of rotatable bonds is 6. The minimum Gasteiger partial charge on any atom is -0.354 e. The maximum Gasteiger partial charge on any atom is 0.416 e. The third-order valence-electron chi connectivity index (χ3n) is 6.96. The molecule has 2 aliphatic rings. The summed E-state index contributed by atoms with van der Waals surface area (Å²) in [6.45, 7) is 3.09. The van der Waals surface area contributed by atoms with Crippen molar-refractivity contribution in [3.63, 3.8) is 0 Å². The fraction of sp³-hybridized carbons (Fsp3) is 0.321. The molecule has 0 saturated carbocycles. The van der Waals surface area contributed by atoms with Gasteiger partial charge in [-0.15, -0.1) is 0 Å². The Morgan fingerprint density at radius 3 is 2.45 bits per heavy atom. The summed E-state index contributed by atoms with van der Waals surface area (Å²) in [4.78, 5) is 16.3. The van der Waals surface area contributed by atoms with Gasteiger partial charge in [-0.3, -0.25) is 4.72 Å². The summed E-state index contributed by atoms with van der Waals surface area (Å²) < 4.78 is 65.8. The number of sulfonamides is 1. The molecule has 12 heteroatoms. The Balaban J connectivity index is 1.51. The maximum absolute atomic E-state index is 13.1. The van der Waals surface area contributed by atoms with Gasteiger partial charge < -0.3 is 10.2 Å². The van der Waals surface area contributed by atoms with Gasteiger partial charge in [0.05, 0.1) is 23.2 Å². The molecule has 0 fully saturated rings. The number of nitrogens with zero attached hydrogens (tertiary/aromatic N) is 4. The molecule has 0 bridgehead atoms. The maximum atomic E-state index is 13.1. The van der Waals surface area contributed by atoms with Crippen LogP contribution in [0.1, 0.15) is 36.0 Å². The Morgan fingerprint density at radius 1 is 1.02 bits per heavy atom. The first-order chi connectivity index (χ1) is 18.9. The van der Waals surface area contributed by atoms with Crippen molar-refractivity contribution in [2.24, 2.45) is 0 Å². The Kier molecular flexibility index (Phi) is 7.30. The molecule has 1 unspecified atom stereocenters. The molecule has 5 rings (SSSR count). The first-order valence-corrected chi connectivity index (χ1v) is 14.7. The van der Waals surface area contributed by atoms with Crippen LogP contribution in [0.25, 0.3) is 0 Å². The van der Waals surface area contributed by atoms with Gasteiger partial charge in [0.2, 0.25) is 10.0 Å². The number of alkyl halides is 3. The number of halogens is 3. The molecule has 210 valence electrons. The van der Waals surface area contributed by atoms with Crippen LogP contribution in [0.15, 0.2) is 66.9 Å². The largest absolute Gasteiger partial charge is 0.416 e.